The van der Waals surface area contributed by atoms with Crippen LogP contribution in [0.1, 0.15) is 12.8 Å². The van der Waals surface area contributed by atoms with Gasteiger partial charge < -0.3 is 0 Å². The molecule has 3 rings (SSSR count). The molecule has 1 aliphatic heterocycles. The molecule has 146 valence electrons. The molecule has 1 heterocycles. The lowest BCUT2D eigenvalue weighted by atomic mass is 10.1. The zero-order valence-corrected chi connectivity index (χ0v) is 17.3. The van der Waals surface area contributed by atoms with Crippen molar-refractivity contribution < 1.29 is 16.8 Å². The second-order valence-electron chi connectivity index (χ2n) is 6.19. The molecule has 1 fully saturated rings. The van der Waals surface area contributed by atoms with E-state index in [9.17, 15) is 16.8 Å². The first-order chi connectivity index (χ1) is 12.7. The number of nitrogens with one attached hydrogen (secondary N) is 1. The van der Waals surface area contributed by atoms with Gasteiger partial charge in [0.25, 0.3) is 0 Å². The van der Waals surface area contributed by atoms with Crippen LogP contribution >= 0.6 is 23.2 Å². The standard InChI is InChI=1S/C17H18Cl2N2O4S2/c18-13-6-7-16(19)17(12-13)27(24,25)21-10-8-14(9-11-21)20-26(22,23)15-4-2-1-3-5-15/h1-7,12,14,20H,8-11H2. The van der Waals surface area contributed by atoms with Crippen LogP contribution in [0, 0.1) is 0 Å². The summed E-state index contributed by atoms with van der Waals surface area (Å²) >= 11 is 11.9. The number of sulfonamides is 2. The molecular formula is C17H18Cl2N2O4S2. The van der Waals surface area contributed by atoms with E-state index in [1.807, 2.05) is 0 Å². The highest BCUT2D eigenvalue weighted by Crippen LogP contribution is 2.29. The molecule has 0 amide bonds. The average molecular weight is 449 g/mol. The summed E-state index contributed by atoms with van der Waals surface area (Å²) < 4.78 is 54.4. The summed E-state index contributed by atoms with van der Waals surface area (Å²) in [6, 6.07) is 12.0. The van der Waals surface area contributed by atoms with E-state index in [4.69, 9.17) is 23.2 Å². The second-order valence-corrected chi connectivity index (χ2v) is 10.7. The Morgan fingerprint density at radius 3 is 2.19 bits per heavy atom. The summed E-state index contributed by atoms with van der Waals surface area (Å²) in [4.78, 5) is 0.144. The van der Waals surface area contributed by atoms with Gasteiger partial charge in [-0.3, -0.25) is 0 Å². The van der Waals surface area contributed by atoms with Gasteiger partial charge in [0.05, 0.1) is 9.92 Å². The topological polar surface area (TPSA) is 83.6 Å². The van der Waals surface area contributed by atoms with E-state index in [1.54, 1.807) is 18.2 Å². The molecule has 0 saturated carbocycles. The molecule has 0 atom stereocenters. The fraction of sp³-hybridized carbons (Fsp3) is 0.294. The Balaban J connectivity index is 1.69. The molecule has 2 aromatic rings. The summed E-state index contributed by atoms with van der Waals surface area (Å²) in [6.45, 7) is 0.375. The van der Waals surface area contributed by atoms with Crippen molar-refractivity contribution in [3.63, 3.8) is 0 Å². The molecule has 2 aromatic carbocycles. The summed E-state index contributed by atoms with van der Waals surface area (Å²) in [7, 11) is -7.43. The zero-order chi connectivity index (χ0) is 19.7. The van der Waals surface area contributed by atoms with Gasteiger partial charge >= 0.3 is 0 Å². The Kier molecular flexibility index (Phi) is 6.14. The van der Waals surface area contributed by atoms with Crippen molar-refractivity contribution in [1.29, 1.82) is 0 Å². The number of hydrogen-bond acceptors (Lipinski definition) is 4. The first kappa shape index (κ1) is 20.6. The van der Waals surface area contributed by atoms with Crippen LogP contribution in [0.3, 0.4) is 0 Å². The average Bonchev–Trinajstić information content (AvgIpc) is 2.64. The van der Waals surface area contributed by atoms with E-state index in [0.29, 0.717) is 12.8 Å². The number of nitrogens with zero attached hydrogens (tertiary/aromatic N) is 1. The van der Waals surface area contributed by atoms with E-state index in [-0.39, 0.29) is 39.0 Å². The summed E-state index contributed by atoms with van der Waals surface area (Å²) in [5.41, 5.74) is 0. The third-order valence-corrected chi connectivity index (χ3v) is 8.49. The molecule has 0 radical (unpaired) electrons. The first-order valence-corrected chi connectivity index (χ1v) is 11.9. The van der Waals surface area contributed by atoms with Crippen LogP contribution in [-0.4, -0.2) is 40.3 Å². The molecule has 0 spiro atoms. The van der Waals surface area contributed by atoms with Crippen molar-refractivity contribution in [1.82, 2.24) is 9.03 Å². The van der Waals surface area contributed by atoms with Crippen LogP contribution in [0.15, 0.2) is 58.3 Å². The highest BCUT2D eigenvalue weighted by molar-refractivity contribution is 7.89. The minimum Gasteiger partial charge on any atom is -0.208 e. The fourth-order valence-corrected chi connectivity index (χ4v) is 6.45. The molecule has 6 nitrogen and oxygen atoms in total. The summed E-state index contributed by atoms with van der Waals surface area (Å²) in [5, 5.41) is 0.384. The van der Waals surface area contributed by atoms with E-state index >= 15 is 0 Å². The highest BCUT2D eigenvalue weighted by Gasteiger charge is 2.32. The summed E-state index contributed by atoms with van der Waals surface area (Å²) in [6.07, 6.45) is 0.729. The minimum absolute atomic E-state index is 0.0417. The molecule has 0 aliphatic carbocycles. The lowest BCUT2D eigenvalue weighted by Crippen LogP contribution is -2.46. The number of hydrogen-bond donors (Lipinski definition) is 1. The smallest absolute Gasteiger partial charge is 0.208 e. The quantitative estimate of drug-likeness (QED) is 0.761. The maximum absolute atomic E-state index is 12.8. The molecule has 1 aliphatic rings. The van der Waals surface area contributed by atoms with E-state index in [0.717, 1.165) is 0 Å². The maximum Gasteiger partial charge on any atom is 0.244 e. The van der Waals surface area contributed by atoms with Crippen molar-refractivity contribution in [3.05, 3.63) is 58.6 Å². The molecule has 10 heteroatoms. The lowest BCUT2D eigenvalue weighted by Gasteiger charge is -2.31. The van der Waals surface area contributed by atoms with Crippen molar-refractivity contribution in [2.75, 3.05) is 13.1 Å². The fourth-order valence-electron chi connectivity index (χ4n) is 2.92. The normalized spacial score (nSPS) is 17.1. The maximum atomic E-state index is 12.8. The largest absolute Gasteiger partial charge is 0.244 e. The lowest BCUT2D eigenvalue weighted by molar-refractivity contribution is 0.308. The monoisotopic (exact) mass is 448 g/mol. The van der Waals surface area contributed by atoms with Crippen LogP contribution in [-0.2, 0) is 20.0 Å². The van der Waals surface area contributed by atoms with Gasteiger partial charge in [-0.2, -0.15) is 4.31 Å². The van der Waals surface area contributed by atoms with Gasteiger partial charge in [-0.25, -0.2) is 21.6 Å². The van der Waals surface area contributed by atoms with Gasteiger partial charge in [0.15, 0.2) is 0 Å². The third-order valence-electron chi connectivity index (χ3n) is 4.34. The van der Waals surface area contributed by atoms with Crippen LogP contribution < -0.4 is 4.72 Å². The predicted octanol–water partition coefficient (Wildman–Crippen LogP) is 3.13. The van der Waals surface area contributed by atoms with Crippen LogP contribution in [0.25, 0.3) is 0 Å². The van der Waals surface area contributed by atoms with E-state index in [1.165, 1.54) is 34.6 Å². The third kappa shape index (κ3) is 4.64. The first-order valence-electron chi connectivity index (χ1n) is 8.23. The van der Waals surface area contributed by atoms with E-state index in [2.05, 4.69) is 4.72 Å². The number of rotatable bonds is 5. The molecular weight excluding hydrogens is 431 g/mol. The van der Waals surface area contributed by atoms with Crippen molar-refractivity contribution in [3.8, 4) is 0 Å². The molecule has 27 heavy (non-hydrogen) atoms. The Morgan fingerprint density at radius 1 is 0.926 bits per heavy atom. The van der Waals surface area contributed by atoms with Crippen LogP contribution in [0.5, 0.6) is 0 Å². The predicted molar refractivity (Wildman–Crippen MR) is 105 cm³/mol. The van der Waals surface area contributed by atoms with Gasteiger partial charge in [0.2, 0.25) is 20.0 Å². The van der Waals surface area contributed by atoms with E-state index < -0.39 is 20.0 Å². The molecule has 1 saturated heterocycles. The van der Waals surface area contributed by atoms with Gasteiger partial charge in [0, 0.05) is 24.2 Å². The Hall–Kier alpha value is -1.16. The van der Waals surface area contributed by atoms with Gasteiger partial charge in [-0.15, -0.1) is 0 Å². The van der Waals surface area contributed by atoms with Crippen molar-refractivity contribution in [2.45, 2.75) is 28.7 Å². The van der Waals surface area contributed by atoms with Gasteiger partial charge in [-0.05, 0) is 43.2 Å². The number of piperidine rings is 1. The Labute approximate surface area is 169 Å². The number of halogens is 2. The highest BCUT2D eigenvalue weighted by atomic mass is 35.5. The van der Waals surface area contributed by atoms with Gasteiger partial charge in [-0.1, -0.05) is 41.4 Å². The second kappa shape index (κ2) is 8.06. The zero-order valence-electron chi connectivity index (χ0n) is 14.2. The number of benzene rings is 2. The van der Waals surface area contributed by atoms with Crippen LogP contribution in [0.2, 0.25) is 10.0 Å². The molecule has 0 aromatic heterocycles. The van der Waals surface area contributed by atoms with Crippen molar-refractivity contribution in [2.24, 2.45) is 0 Å². The molecule has 0 bridgehead atoms. The van der Waals surface area contributed by atoms with Gasteiger partial charge in [0.1, 0.15) is 4.90 Å². The van der Waals surface area contributed by atoms with Crippen molar-refractivity contribution >= 4 is 43.2 Å². The van der Waals surface area contributed by atoms with Crippen LogP contribution in [0.4, 0.5) is 0 Å². The molecule has 0 unspecified atom stereocenters. The summed E-state index contributed by atoms with van der Waals surface area (Å²) in [5.74, 6) is 0. The SMILES string of the molecule is O=S(=O)(NC1CCN(S(=O)(=O)c2cc(Cl)ccc2Cl)CC1)c1ccccc1. The Bertz CT molecular complexity index is 1020. The molecule has 1 N–H and O–H groups in total. The Morgan fingerprint density at radius 2 is 1.56 bits per heavy atom. The minimum atomic E-state index is -3.79.